The van der Waals surface area contributed by atoms with Gasteiger partial charge < -0.3 is 9.88 Å². The van der Waals surface area contributed by atoms with E-state index in [-0.39, 0.29) is 11.9 Å². The summed E-state index contributed by atoms with van der Waals surface area (Å²) in [5, 5.41) is 12.6. The highest BCUT2D eigenvalue weighted by molar-refractivity contribution is 7.99. The van der Waals surface area contributed by atoms with E-state index in [4.69, 9.17) is 0 Å². The lowest BCUT2D eigenvalue weighted by Crippen LogP contribution is -2.40. The normalized spacial score (nSPS) is 24.9. The van der Waals surface area contributed by atoms with E-state index in [0.29, 0.717) is 11.7 Å². The van der Waals surface area contributed by atoms with Crippen LogP contribution in [0.25, 0.3) is 11.4 Å². The molecule has 2 heterocycles. The van der Waals surface area contributed by atoms with Crippen molar-refractivity contribution in [3.8, 4) is 11.4 Å². The van der Waals surface area contributed by atoms with Crippen molar-refractivity contribution < 1.29 is 4.79 Å². The van der Waals surface area contributed by atoms with E-state index < -0.39 is 0 Å². The number of carbonyl (C=O) groups excluding carboxylic acids is 1. The van der Waals surface area contributed by atoms with Crippen LogP contribution in [0.5, 0.6) is 0 Å². The van der Waals surface area contributed by atoms with E-state index in [0.717, 1.165) is 34.9 Å². The number of nitrogens with one attached hydrogen (secondary N) is 1. The third-order valence-corrected chi connectivity index (χ3v) is 7.09. The highest BCUT2D eigenvalue weighted by Crippen LogP contribution is 2.49. The summed E-state index contributed by atoms with van der Waals surface area (Å²) in [6, 6.07) is 4.12. The quantitative estimate of drug-likeness (QED) is 0.740. The van der Waals surface area contributed by atoms with Crippen molar-refractivity contribution in [2.24, 2.45) is 17.8 Å². The Morgan fingerprint density at radius 2 is 2.11 bits per heavy atom. The monoisotopic (exact) mass is 385 g/mol. The van der Waals surface area contributed by atoms with Crippen LogP contribution in [0, 0.1) is 17.8 Å². The minimum Gasteiger partial charge on any atom is -0.353 e. The van der Waals surface area contributed by atoms with Crippen LogP contribution >= 0.6 is 11.8 Å². The van der Waals surface area contributed by atoms with Gasteiger partial charge in [-0.15, -0.1) is 10.2 Å². The first-order valence-electron chi connectivity index (χ1n) is 9.91. The van der Waals surface area contributed by atoms with Crippen LogP contribution in [0.3, 0.4) is 0 Å². The zero-order chi connectivity index (χ0) is 18.8. The summed E-state index contributed by atoms with van der Waals surface area (Å²) in [4.78, 5) is 16.5. The van der Waals surface area contributed by atoms with Gasteiger partial charge in [0.05, 0.1) is 5.75 Å². The Kier molecular flexibility index (Phi) is 5.48. The minimum absolute atomic E-state index is 0.0892. The van der Waals surface area contributed by atoms with E-state index in [1.54, 1.807) is 12.4 Å². The fraction of sp³-hybridized carbons (Fsp3) is 0.600. The molecule has 2 saturated carbocycles. The van der Waals surface area contributed by atoms with Gasteiger partial charge in [0.1, 0.15) is 0 Å². The van der Waals surface area contributed by atoms with Gasteiger partial charge in [0.25, 0.3) is 0 Å². The number of hydrogen-bond donors (Lipinski definition) is 1. The van der Waals surface area contributed by atoms with Crippen LogP contribution in [-0.2, 0) is 11.3 Å². The number of nitrogens with zero attached hydrogens (tertiary/aromatic N) is 4. The molecule has 2 aliphatic carbocycles. The molecule has 7 heteroatoms. The Morgan fingerprint density at radius 3 is 2.78 bits per heavy atom. The molecule has 2 aromatic heterocycles. The summed E-state index contributed by atoms with van der Waals surface area (Å²) >= 11 is 1.46. The first kappa shape index (κ1) is 18.5. The molecule has 2 aromatic rings. The number of rotatable bonds is 7. The predicted octanol–water partition coefficient (Wildman–Crippen LogP) is 3.39. The van der Waals surface area contributed by atoms with Crippen LogP contribution < -0.4 is 5.32 Å². The van der Waals surface area contributed by atoms with Crippen LogP contribution in [-0.4, -0.2) is 37.5 Å². The SMILES string of the molecule is CCn1c(SCC(=O)NC(C)C2CC3CCC2C3)nnc1-c1ccncc1. The van der Waals surface area contributed by atoms with Gasteiger partial charge >= 0.3 is 0 Å². The van der Waals surface area contributed by atoms with E-state index >= 15 is 0 Å². The summed E-state index contributed by atoms with van der Waals surface area (Å²) in [5.41, 5.74) is 0.987. The molecule has 0 aliphatic heterocycles. The maximum absolute atomic E-state index is 12.5. The Hall–Kier alpha value is -1.89. The second-order valence-corrected chi connectivity index (χ2v) is 8.71. The molecule has 0 radical (unpaired) electrons. The number of hydrogen-bond acceptors (Lipinski definition) is 5. The summed E-state index contributed by atoms with van der Waals surface area (Å²) in [5.74, 6) is 3.67. The van der Waals surface area contributed by atoms with Crippen LogP contribution in [0.1, 0.15) is 39.5 Å². The highest BCUT2D eigenvalue weighted by atomic mass is 32.2. The van der Waals surface area contributed by atoms with Crippen molar-refractivity contribution in [2.75, 3.05) is 5.75 Å². The molecule has 0 aromatic carbocycles. The third kappa shape index (κ3) is 3.88. The molecule has 0 spiro atoms. The number of amides is 1. The highest BCUT2D eigenvalue weighted by Gasteiger charge is 2.42. The molecule has 0 saturated heterocycles. The molecule has 2 fully saturated rings. The predicted molar refractivity (Wildman–Crippen MR) is 106 cm³/mol. The van der Waals surface area contributed by atoms with Gasteiger partial charge in [-0.2, -0.15) is 0 Å². The standard InChI is InChI=1S/C20H27N5OS/c1-3-25-19(15-6-8-21-9-7-15)23-24-20(25)27-12-18(26)22-13(2)17-11-14-4-5-16(17)10-14/h6-9,13-14,16-17H,3-5,10-12H2,1-2H3,(H,22,26). The van der Waals surface area contributed by atoms with Crippen molar-refractivity contribution in [1.29, 1.82) is 0 Å². The number of carbonyl (C=O) groups is 1. The van der Waals surface area contributed by atoms with Gasteiger partial charge in [0.15, 0.2) is 11.0 Å². The summed E-state index contributed by atoms with van der Waals surface area (Å²) in [7, 11) is 0. The number of pyridine rings is 1. The summed E-state index contributed by atoms with van der Waals surface area (Å²) in [6.07, 6.45) is 8.91. The van der Waals surface area contributed by atoms with Crippen molar-refractivity contribution >= 4 is 17.7 Å². The molecule has 1 N–H and O–H groups in total. The van der Waals surface area contributed by atoms with Gasteiger partial charge in [0.2, 0.25) is 5.91 Å². The lowest BCUT2D eigenvalue weighted by Gasteiger charge is -2.28. The molecule has 4 atom stereocenters. The van der Waals surface area contributed by atoms with Gasteiger partial charge in [-0.1, -0.05) is 18.2 Å². The fourth-order valence-corrected chi connectivity index (χ4v) is 5.65. The Labute approximate surface area is 164 Å². The lowest BCUT2D eigenvalue weighted by atomic mass is 9.84. The molecule has 6 nitrogen and oxygen atoms in total. The Morgan fingerprint density at radius 1 is 1.30 bits per heavy atom. The van der Waals surface area contributed by atoms with Crippen molar-refractivity contribution in [2.45, 2.75) is 57.3 Å². The van der Waals surface area contributed by atoms with Crippen molar-refractivity contribution in [3.63, 3.8) is 0 Å². The smallest absolute Gasteiger partial charge is 0.230 e. The van der Waals surface area contributed by atoms with Gasteiger partial charge in [-0.05, 0) is 63.0 Å². The molecular weight excluding hydrogens is 358 g/mol. The third-order valence-electron chi connectivity index (χ3n) is 6.13. The van der Waals surface area contributed by atoms with Crippen molar-refractivity contribution in [1.82, 2.24) is 25.1 Å². The van der Waals surface area contributed by atoms with Crippen LogP contribution in [0.2, 0.25) is 0 Å². The topological polar surface area (TPSA) is 72.7 Å². The van der Waals surface area contributed by atoms with Crippen molar-refractivity contribution in [3.05, 3.63) is 24.5 Å². The summed E-state index contributed by atoms with van der Waals surface area (Å²) < 4.78 is 2.05. The average molecular weight is 386 g/mol. The molecule has 27 heavy (non-hydrogen) atoms. The second-order valence-electron chi connectivity index (χ2n) is 7.77. The molecule has 4 unspecified atom stereocenters. The molecular formula is C20H27N5OS. The van der Waals surface area contributed by atoms with E-state index in [1.165, 1.54) is 37.4 Å². The largest absolute Gasteiger partial charge is 0.353 e. The molecule has 1 amide bonds. The molecule has 4 rings (SSSR count). The number of aromatic nitrogens is 4. The average Bonchev–Trinajstić information content (AvgIpc) is 3.42. The van der Waals surface area contributed by atoms with Crippen LogP contribution in [0.15, 0.2) is 29.7 Å². The minimum atomic E-state index is 0.0892. The maximum Gasteiger partial charge on any atom is 0.230 e. The second kappa shape index (κ2) is 8.00. The van der Waals surface area contributed by atoms with E-state index in [2.05, 4.69) is 34.3 Å². The Bertz CT molecular complexity index is 793. The Balaban J connectivity index is 1.34. The maximum atomic E-state index is 12.5. The van der Waals surface area contributed by atoms with Gasteiger partial charge in [-0.3, -0.25) is 9.78 Å². The van der Waals surface area contributed by atoms with Gasteiger partial charge in [-0.25, -0.2) is 0 Å². The van der Waals surface area contributed by atoms with Crippen LogP contribution in [0.4, 0.5) is 0 Å². The fourth-order valence-electron chi connectivity index (χ4n) is 4.83. The first-order valence-corrected chi connectivity index (χ1v) is 10.9. The molecule has 144 valence electrons. The first-order chi connectivity index (χ1) is 13.2. The number of thioether (sulfide) groups is 1. The summed E-state index contributed by atoms with van der Waals surface area (Å²) in [6.45, 7) is 5.00. The zero-order valence-electron chi connectivity index (χ0n) is 16.0. The zero-order valence-corrected chi connectivity index (χ0v) is 16.8. The number of fused-ring (bicyclic) bond motifs is 2. The van der Waals surface area contributed by atoms with E-state index in [1.807, 2.05) is 16.7 Å². The molecule has 2 bridgehead atoms. The lowest BCUT2D eigenvalue weighted by molar-refractivity contribution is -0.119. The van der Waals surface area contributed by atoms with Gasteiger partial charge in [0, 0.05) is 30.5 Å². The molecule has 2 aliphatic rings. The van der Waals surface area contributed by atoms with E-state index in [9.17, 15) is 4.79 Å².